The van der Waals surface area contributed by atoms with Gasteiger partial charge in [0.15, 0.2) is 11.5 Å². The Kier molecular flexibility index (Phi) is 4.01. The summed E-state index contributed by atoms with van der Waals surface area (Å²) < 4.78 is 10.6. The van der Waals surface area contributed by atoms with Crippen LogP contribution in [0.4, 0.5) is 5.69 Å². The Balaban J connectivity index is 1.44. The Labute approximate surface area is 145 Å². The van der Waals surface area contributed by atoms with E-state index in [1.165, 1.54) is 0 Å². The van der Waals surface area contributed by atoms with E-state index < -0.39 is 6.04 Å². The number of hydrogen-bond donors (Lipinski definition) is 1. The molecule has 0 aromatic heterocycles. The zero-order valence-corrected chi connectivity index (χ0v) is 13.6. The molecule has 2 amide bonds. The molecule has 1 N–H and O–H groups in total. The van der Waals surface area contributed by atoms with E-state index >= 15 is 0 Å². The molecule has 1 unspecified atom stereocenters. The van der Waals surface area contributed by atoms with E-state index in [9.17, 15) is 9.59 Å². The molecule has 0 saturated carbocycles. The Hall–Kier alpha value is -3.02. The van der Waals surface area contributed by atoms with Gasteiger partial charge in [0.25, 0.3) is 0 Å². The van der Waals surface area contributed by atoms with Crippen LogP contribution in [-0.4, -0.2) is 24.6 Å². The highest BCUT2D eigenvalue weighted by molar-refractivity contribution is 6.03. The van der Waals surface area contributed by atoms with Crippen LogP contribution in [0.2, 0.25) is 0 Å². The monoisotopic (exact) mass is 338 g/mol. The topological polar surface area (TPSA) is 67.9 Å². The van der Waals surface area contributed by atoms with Gasteiger partial charge in [0.1, 0.15) is 6.04 Å². The van der Waals surface area contributed by atoms with E-state index in [1.807, 2.05) is 48.5 Å². The number of ether oxygens (including phenoxy) is 2. The maximum Gasteiger partial charge on any atom is 0.243 e. The van der Waals surface area contributed by atoms with E-state index in [2.05, 4.69) is 5.32 Å². The Morgan fingerprint density at radius 3 is 2.76 bits per heavy atom. The van der Waals surface area contributed by atoms with E-state index in [1.54, 1.807) is 4.90 Å². The van der Waals surface area contributed by atoms with Crippen LogP contribution in [0.25, 0.3) is 0 Å². The first-order valence-electron chi connectivity index (χ1n) is 8.26. The number of carbonyl (C=O) groups is 2. The van der Waals surface area contributed by atoms with Gasteiger partial charge < -0.3 is 14.8 Å². The molecule has 6 nitrogen and oxygen atoms in total. The lowest BCUT2D eigenvalue weighted by molar-refractivity contribution is -0.124. The molecule has 2 aromatic rings. The molecule has 1 fully saturated rings. The lowest BCUT2D eigenvalue weighted by Gasteiger charge is -2.24. The summed E-state index contributed by atoms with van der Waals surface area (Å²) in [6.45, 7) is 0.601. The van der Waals surface area contributed by atoms with Crippen molar-refractivity contribution in [1.29, 1.82) is 0 Å². The van der Waals surface area contributed by atoms with Crippen LogP contribution in [0, 0.1) is 0 Å². The lowest BCUT2D eigenvalue weighted by atomic mass is 10.1. The number of rotatable bonds is 4. The first kappa shape index (κ1) is 15.5. The fourth-order valence-electron chi connectivity index (χ4n) is 3.20. The highest BCUT2D eigenvalue weighted by Crippen LogP contribution is 2.32. The third kappa shape index (κ3) is 3.03. The largest absolute Gasteiger partial charge is 0.454 e. The smallest absolute Gasteiger partial charge is 0.243 e. The molecule has 4 rings (SSSR count). The molecule has 1 atom stereocenters. The van der Waals surface area contributed by atoms with Crippen molar-refractivity contribution < 1.29 is 19.1 Å². The minimum Gasteiger partial charge on any atom is -0.454 e. The first-order chi connectivity index (χ1) is 12.2. The maximum absolute atomic E-state index is 12.6. The minimum absolute atomic E-state index is 0.0190. The predicted molar refractivity (Wildman–Crippen MR) is 91.4 cm³/mol. The number of amides is 2. The van der Waals surface area contributed by atoms with Crippen molar-refractivity contribution >= 4 is 17.5 Å². The highest BCUT2D eigenvalue weighted by atomic mass is 16.7. The first-order valence-corrected chi connectivity index (χ1v) is 8.26. The number of anilines is 1. The fourth-order valence-corrected chi connectivity index (χ4v) is 3.20. The molecule has 1 saturated heterocycles. The Morgan fingerprint density at radius 2 is 1.92 bits per heavy atom. The van der Waals surface area contributed by atoms with Crippen LogP contribution in [0.15, 0.2) is 48.5 Å². The van der Waals surface area contributed by atoms with Crippen molar-refractivity contribution in [3.63, 3.8) is 0 Å². The van der Waals surface area contributed by atoms with E-state index in [4.69, 9.17) is 9.47 Å². The second-order valence-corrected chi connectivity index (χ2v) is 6.06. The zero-order chi connectivity index (χ0) is 17.2. The summed E-state index contributed by atoms with van der Waals surface area (Å²) in [6.07, 6.45) is 0.914. The molecule has 6 heteroatoms. The third-order valence-corrected chi connectivity index (χ3v) is 4.45. The molecule has 0 spiro atoms. The quantitative estimate of drug-likeness (QED) is 0.928. The molecule has 0 radical (unpaired) electrons. The molecule has 2 aliphatic heterocycles. The van der Waals surface area contributed by atoms with Gasteiger partial charge in [-0.2, -0.15) is 0 Å². The number of benzene rings is 2. The van der Waals surface area contributed by atoms with Crippen molar-refractivity contribution in [3.05, 3.63) is 54.1 Å². The van der Waals surface area contributed by atoms with E-state index in [0.29, 0.717) is 30.9 Å². The van der Waals surface area contributed by atoms with Crippen molar-refractivity contribution in [2.24, 2.45) is 0 Å². The Morgan fingerprint density at radius 1 is 1.12 bits per heavy atom. The second kappa shape index (κ2) is 6.47. The SMILES string of the molecule is O=C(NCc1ccc2c(c1)OCO2)C1CCC(=O)N1c1ccccc1. The van der Waals surface area contributed by atoms with Gasteiger partial charge in [-0.15, -0.1) is 0 Å². The Bertz CT molecular complexity index is 806. The van der Waals surface area contributed by atoms with Crippen molar-refractivity contribution in [2.75, 3.05) is 11.7 Å². The molecule has 2 aliphatic rings. The molecule has 25 heavy (non-hydrogen) atoms. The zero-order valence-electron chi connectivity index (χ0n) is 13.6. The number of nitrogens with zero attached hydrogens (tertiary/aromatic N) is 1. The van der Waals surface area contributed by atoms with Crippen molar-refractivity contribution in [2.45, 2.75) is 25.4 Å². The van der Waals surface area contributed by atoms with Crippen LogP contribution in [0.1, 0.15) is 18.4 Å². The van der Waals surface area contributed by atoms with E-state index in [-0.39, 0.29) is 18.6 Å². The predicted octanol–water partition coefficient (Wildman–Crippen LogP) is 2.23. The molecular weight excluding hydrogens is 320 g/mol. The standard InChI is InChI=1S/C19H18N2O4/c22-18-9-7-15(21(18)14-4-2-1-3-5-14)19(23)20-11-13-6-8-16-17(10-13)25-12-24-16/h1-6,8,10,15H,7,9,11-12H2,(H,20,23). The molecule has 0 bridgehead atoms. The summed E-state index contributed by atoms with van der Waals surface area (Å²) >= 11 is 0. The van der Waals surface area contributed by atoms with Gasteiger partial charge in [0.05, 0.1) is 0 Å². The van der Waals surface area contributed by atoms with Crippen molar-refractivity contribution in [1.82, 2.24) is 5.32 Å². The average molecular weight is 338 g/mol. The number of para-hydroxylation sites is 1. The van der Waals surface area contributed by atoms with Gasteiger partial charge in [-0.3, -0.25) is 14.5 Å². The number of carbonyl (C=O) groups excluding carboxylic acids is 2. The number of fused-ring (bicyclic) bond motifs is 1. The maximum atomic E-state index is 12.6. The van der Waals surface area contributed by atoms with Crippen LogP contribution in [-0.2, 0) is 16.1 Å². The van der Waals surface area contributed by atoms with Gasteiger partial charge in [-0.25, -0.2) is 0 Å². The summed E-state index contributed by atoms with van der Waals surface area (Å²) in [4.78, 5) is 26.4. The summed E-state index contributed by atoms with van der Waals surface area (Å²) in [5.41, 5.74) is 1.68. The second-order valence-electron chi connectivity index (χ2n) is 6.06. The summed E-state index contributed by atoms with van der Waals surface area (Å²) in [6, 6.07) is 14.4. The minimum atomic E-state index is -0.469. The average Bonchev–Trinajstić information content (AvgIpc) is 3.26. The van der Waals surface area contributed by atoms with Crippen LogP contribution in [0.5, 0.6) is 11.5 Å². The van der Waals surface area contributed by atoms with Gasteiger partial charge >= 0.3 is 0 Å². The van der Waals surface area contributed by atoms with Gasteiger partial charge in [0.2, 0.25) is 18.6 Å². The molecule has 2 aromatic carbocycles. The van der Waals surface area contributed by atoms with Gasteiger partial charge in [0, 0.05) is 18.7 Å². The highest BCUT2D eigenvalue weighted by Gasteiger charge is 2.36. The van der Waals surface area contributed by atoms with E-state index in [0.717, 1.165) is 11.3 Å². The molecule has 2 heterocycles. The molecule has 0 aliphatic carbocycles. The van der Waals surface area contributed by atoms with Crippen molar-refractivity contribution in [3.8, 4) is 11.5 Å². The van der Waals surface area contributed by atoms with Gasteiger partial charge in [-0.1, -0.05) is 24.3 Å². The fraction of sp³-hybridized carbons (Fsp3) is 0.263. The summed E-state index contributed by atoms with van der Waals surface area (Å²) in [7, 11) is 0. The third-order valence-electron chi connectivity index (χ3n) is 4.45. The van der Waals surface area contributed by atoms with Gasteiger partial charge in [-0.05, 0) is 36.2 Å². The van der Waals surface area contributed by atoms with Crippen LogP contribution < -0.4 is 19.7 Å². The number of nitrogens with one attached hydrogen (secondary N) is 1. The van der Waals surface area contributed by atoms with Crippen LogP contribution >= 0.6 is 0 Å². The summed E-state index contributed by atoms with van der Waals surface area (Å²) in [5, 5.41) is 2.92. The molecular formula is C19H18N2O4. The lowest BCUT2D eigenvalue weighted by Crippen LogP contribution is -2.44. The molecule has 128 valence electrons. The summed E-state index contributed by atoms with van der Waals surface area (Å²) in [5.74, 6) is 1.24. The van der Waals surface area contributed by atoms with Crippen LogP contribution in [0.3, 0.4) is 0 Å². The normalized spacial score (nSPS) is 18.5. The number of hydrogen-bond acceptors (Lipinski definition) is 4.